The zero-order chi connectivity index (χ0) is 28.5. The molecule has 38 heavy (non-hydrogen) atoms. The smallest absolute Gasteiger partial charge is 0.344 e. The van der Waals surface area contributed by atoms with Crippen LogP contribution in [0.25, 0.3) is 0 Å². The predicted molar refractivity (Wildman–Crippen MR) is 124 cm³/mol. The molecule has 0 saturated heterocycles. The van der Waals surface area contributed by atoms with Crippen molar-refractivity contribution in [3.05, 3.63) is 59.7 Å². The van der Waals surface area contributed by atoms with Crippen LogP contribution in [-0.2, 0) is 38.1 Å². The number of benzene rings is 2. The molecule has 0 aromatic heterocycles. The summed E-state index contributed by atoms with van der Waals surface area (Å²) < 4.78 is 28.0. The number of aromatic carboxylic acids is 1. The third-order valence-electron chi connectivity index (χ3n) is 4.05. The first-order chi connectivity index (χ1) is 18.1. The van der Waals surface area contributed by atoms with Crippen molar-refractivity contribution in [1.29, 1.82) is 0 Å². The third kappa shape index (κ3) is 11.5. The van der Waals surface area contributed by atoms with E-state index >= 15 is 0 Å². The van der Waals surface area contributed by atoms with E-state index in [-0.39, 0.29) is 22.6 Å². The van der Waals surface area contributed by atoms with E-state index in [9.17, 15) is 28.8 Å². The molecule has 0 radical (unpaired) electrons. The highest BCUT2D eigenvalue weighted by atomic mass is 16.6. The number of carboxylic acid groups (broad SMARTS) is 2. The molecule has 0 unspecified atom stereocenters. The minimum Gasteiger partial charge on any atom is -0.481 e. The maximum atomic E-state index is 11.9. The summed E-state index contributed by atoms with van der Waals surface area (Å²) in [5, 5.41) is 17.0. The van der Waals surface area contributed by atoms with Crippen LogP contribution in [0.5, 0.6) is 11.5 Å². The molecule has 2 rings (SSSR count). The number of carbonyl (C=O) groups is 6. The second kappa shape index (κ2) is 16.5. The highest BCUT2D eigenvalue weighted by Gasteiger charge is 2.17. The van der Waals surface area contributed by atoms with E-state index in [1.165, 1.54) is 30.3 Å². The van der Waals surface area contributed by atoms with Gasteiger partial charge in [0.05, 0.1) is 14.2 Å². The first kappa shape index (κ1) is 30.9. The Morgan fingerprint density at radius 1 is 0.605 bits per heavy atom. The van der Waals surface area contributed by atoms with Gasteiger partial charge in [-0.05, 0) is 24.3 Å². The Hall–Kier alpha value is -5.14. The number of aliphatic carboxylic acids is 1. The minimum absolute atomic E-state index is 0.0159. The maximum Gasteiger partial charge on any atom is 0.344 e. The first-order valence-corrected chi connectivity index (χ1v) is 10.4. The van der Waals surface area contributed by atoms with Gasteiger partial charge in [-0.3, -0.25) is 0 Å². The molecule has 0 atom stereocenters. The number of hydrogen-bond donors (Lipinski definition) is 2. The second-order valence-electron chi connectivity index (χ2n) is 6.66. The lowest BCUT2D eigenvalue weighted by atomic mass is 10.2. The zero-order valence-electron chi connectivity index (χ0n) is 20.2. The SMILES string of the molecule is COC(=O)COC(=O)COc1ccccc1C(=O)OCC(=O)OC.O=C(O)COc1ccccc1C(=O)O. The van der Waals surface area contributed by atoms with E-state index < -0.39 is 62.2 Å². The van der Waals surface area contributed by atoms with E-state index in [0.717, 1.165) is 14.2 Å². The van der Waals surface area contributed by atoms with E-state index in [1.807, 2.05) is 0 Å². The molecule has 0 bridgehead atoms. The Balaban J connectivity index is 0.000000437. The highest BCUT2D eigenvalue weighted by molar-refractivity contribution is 5.93. The summed E-state index contributed by atoms with van der Waals surface area (Å²) in [6, 6.07) is 11.8. The fourth-order valence-electron chi connectivity index (χ4n) is 2.31. The Labute approximate surface area is 215 Å². The van der Waals surface area contributed by atoms with Crippen molar-refractivity contribution in [3.8, 4) is 11.5 Å². The summed E-state index contributed by atoms with van der Waals surface area (Å²) in [6.45, 7) is -2.17. The van der Waals surface area contributed by atoms with Gasteiger partial charge in [0.15, 0.2) is 26.4 Å². The molecule has 0 aliphatic heterocycles. The molecule has 0 spiro atoms. The average Bonchev–Trinajstić information content (AvgIpc) is 2.92. The molecule has 0 heterocycles. The number of esters is 4. The monoisotopic (exact) mass is 536 g/mol. The number of ether oxygens (including phenoxy) is 6. The lowest BCUT2D eigenvalue weighted by Crippen LogP contribution is -2.21. The second-order valence-corrected chi connectivity index (χ2v) is 6.66. The third-order valence-corrected chi connectivity index (χ3v) is 4.05. The molecule has 204 valence electrons. The van der Waals surface area contributed by atoms with Gasteiger partial charge in [-0.1, -0.05) is 24.3 Å². The number of carbonyl (C=O) groups excluding carboxylic acids is 4. The standard InChI is InChI=1S/C15H16O9.C9H8O5/c1-20-12(16)7-23-14(18)9-22-11-6-4-3-5-10(11)15(19)24-8-13(17)21-2;10-8(11)5-14-7-4-2-1-3-6(7)9(12)13/h3-6H,7-9H2,1-2H3;1-4H,5H2,(H,10,11)(H,12,13). The van der Waals surface area contributed by atoms with Crippen molar-refractivity contribution in [2.75, 3.05) is 40.6 Å². The molecule has 0 fully saturated rings. The van der Waals surface area contributed by atoms with Gasteiger partial charge in [0.25, 0.3) is 0 Å². The first-order valence-electron chi connectivity index (χ1n) is 10.4. The van der Waals surface area contributed by atoms with E-state index in [0.29, 0.717) is 0 Å². The van der Waals surface area contributed by atoms with Gasteiger partial charge in [0, 0.05) is 0 Å². The molecule has 0 aliphatic rings. The molecule has 2 N–H and O–H groups in total. The van der Waals surface area contributed by atoms with Crippen LogP contribution in [0.15, 0.2) is 48.5 Å². The molecule has 0 amide bonds. The predicted octanol–water partition coefficient (Wildman–Crippen LogP) is 0.960. The van der Waals surface area contributed by atoms with Crippen molar-refractivity contribution in [1.82, 2.24) is 0 Å². The van der Waals surface area contributed by atoms with Gasteiger partial charge < -0.3 is 38.6 Å². The lowest BCUT2D eigenvalue weighted by molar-refractivity contribution is -0.158. The van der Waals surface area contributed by atoms with Gasteiger partial charge in [-0.2, -0.15) is 0 Å². The maximum absolute atomic E-state index is 11.9. The summed E-state index contributed by atoms with van der Waals surface area (Å²) in [5.74, 6) is -5.25. The molecule has 14 nitrogen and oxygen atoms in total. The van der Waals surface area contributed by atoms with E-state index in [2.05, 4.69) is 14.2 Å². The molecular weight excluding hydrogens is 512 g/mol. The lowest BCUT2D eigenvalue weighted by Gasteiger charge is -2.10. The molecule has 2 aromatic rings. The van der Waals surface area contributed by atoms with Crippen molar-refractivity contribution in [3.63, 3.8) is 0 Å². The van der Waals surface area contributed by atoms with Gasteiger partial charge in [0.2, 0.25) is 0 Å². The van der Waals surface area contributed by atoms with E-state index in [4.69, 9.17) is 24.4 Å². The molecule has 14 heteroatoms. The number of hydrogen-bond acceptors (Lipinski definition) is 12. The van der Waals surface area contributed by atoms with E-state index in [1.54, 1.807) is 18.2 Å². The number of rotatable bonds is 12. The fourth-order valence-corrected chi connectivity index (χ4v) is 2.31. The van der Waals surface area contributed by atoms with Crippen LogP contribution in [0.2, 0.25) is 0 Å². The van der Waals surface area contributed by atoms with Crippen LogP contribution in [0.1, 0.15) is 20.7 Å². The van der Waals surface area contributed by atoms with Crippen molar-refractivity contribution in [2.24, 2.45) is 0 Å². The Kier molecular flexibility index (Phi) is 13.4. The number of para-hydroxylation sites is 2. The van der Waals surface area contributed by atoms with Gasteiger partial charge in [-0.25, -0.2) is 28.8 Å². The van der Waals surface area contributed by atoms with Crippen molar-refractivity contribution < 1.29 is 67.4 Å². The fraction of sp³-hybridized carbons (Fsp3) is 0.250. The van der Waals surface area contributed by atoms with Crippen LogP contribution in [0.4, 0.5) is 0 Å². The average molecular weight is 536 g/mol. The van der Waals surface area contributed by atoms with Crippen LogP contribution in [0, 0.1) is 0 Å². The quantitative estimate of drug-likeness (QED) is 0.287. The van der Waals surface area contributed by atoms with Gasteiger partial charge >= 0.3 is 35.8 Å². The summed E-state index contributed by atoms with van der Waals surface area (Å²) >= 11 is 0. The Morgan fingerprint density at radius 3 is 1.61 bits per heavy atom. The highest BCUT2D eigenvalue weighted by Crippen LogP contribution is 2.19. The zero-order valence-corrected chi connectivity index (χ0v) is 20.2. The Morgan fingerprint density at radius 2 is 1.08 bits per heavy atom. The van der Waals surface area contributed by atoms with Crippen LogP contribution in [-0.4, -0.2) is 86.7 Å². The summed E-state index contributed by atoms with van der Waals surface area (Å²) in [7, 11) is 2.32. The summed E-state index contributed by atoms with van der Waals surface area (Å²) in [6.07, 6.45) is 0. The van der Waals surface area contributed by atoms with Crippen LogP contribution < -0.4 is 9.47 Å². The Bertz CT molecular complexity index is 1140. The largest absolute Gasteiger partial charge is 0.481 e. The molecule has 2 aromatic carbocycles. The van der Waals surface area contributed by atoms with Gasteiger partial charge in [0.1, 0.15) is 22.6 Å². The molecule has 0 saturated carbocycles. The van der Waals surface area contributed by atoms with Crippen molar-refractivity contribution >= 4 is 35.8 Å². The minimum atomic E-state index is -1.15. The summed E-state index contributed by atoms with van der Waals surface area (Å²) in [5.41, 5.74) is -0.0316. The number of methoxy groups -OCH3 is 2. The molecule has 0 aliphatic carbocycles. The summed E-state index contributed by atoms with van der Waals surface area (Å²) in [4.78, 5) is 66.0. The van der Waals surface area contributed by atoms with Gasteiger partial charge in [-0.15, -0.1) is 0 Å². The normalized spacial score (nSPS) is 9.53. The van der Waals surface area contributed by atoms with Crippen molar-refractivity contribution in [2.45, 2.75) is 0 Å². The van der Waals surface area contributed by atoms with Crippen LogP contribution >= 0.6 is 0 Å². The number of carboxylic acids is 2. The molecular formula is C24H24O14. The van der Waals surface area contributed by atoms with Crippen LogP contribution in [0.3, 0.4) is 0 Å². The topological polar surface area (TPSA) is 198 Å².